The van der Waals surface area contributed by atoms with Crippen LogP contribution in [0.4, 0.5) is 4.39 Å². The number of hydrogen-bond acceptors (Lipinski definition) is 2. The van der Waals surface area contributed by atoms with Crippen molar-refractivity contribution >= 4 is 0 Å². The molecule has 1 unspecified atom stereocenters. The molecule has 0 spiro atoms. The number of nitrogens with two attached hydrogens (primary N) is 1. The summed E-state index contributed by atoms with van der Waals surface area (Å²) < 4.78 is 19.0. The minimum absolute atomic E-state index is 0.0287. The predicted molar refractivity (Wildman–Crippen MR) is 68.7 cm³/mol. The summed E-state index contributed by atoms with van der Waals surface area (Å²) in [6.07, 6.45) is 1.50. The van der Waals surface area contributed by atoms with Crippen molar-refractivity contribution in [3.8, 4) is 5.75 Å². The van der Waals surface area contributed by atoms with Crippen LogP contribution in [0.5, 0.6) is 5.75 Å². The fourth-order valence-corrected chi connectivity index (χ4v) is 1.44. The van der Waals surface area contributed by atoms with Crippen molar-refractivity contribution in [2.24, 2.45) is 5.73 Å². The topological polar surface area (TPSA) is 35.2 Å². The Morgan fingerprint density at radius 2 is 2.24 bits per heavy atom. The van der Waals surface area contributed by atoms with Crippen LogP contribution in [0.25, 0.3) is 0 Å². The third kappa shape index (κ3) is 4.57. The van der Waals surface area contributed by atoms with Gasteiger partial charge < -0.3 is 10.5 Å². The summed E-state index contributed by atoms with van der Waals surface area (Å²) in [4.78, 5) is 0. The molecule has 0 saturated carbocycles. The number of benzene rings is 1. The molecule has 0 aliphatic heterocycles. The molecule has 0 saturated heterocycles. The van der Waals surface area contributed by atoms with E-state index in [-0.39, 0.29) is 17.6 Å². The molecule has 0 amide bonds. The Morgan fingerprint density at radius 3 is 2.76 bits per heavy atom. The van der Waals surface area contributed by atoms with Gasteiger partial charge in [0.15, 0.2) is 11.6 Å². The molecule has 1 atom stereocenters. The van der Waals surface area contributed by atoms with Crippen LogP contribution < -0.4 is 10.5 Å². The van der Waals surface area contributed by atoms with Gasteiger partial charge in [-0.05, 0) is 43.0 Å². The van der Waals surface area contributed by atoms with Crippen LogP contribution in [0.3, 0.4) is 0 Å². The van der Waals surface area contributed by atoms with Gasteiger partial charge in [0.1, 0.15) is 6.61 Å². The molecule has 0 aromatic heterocycles. The summed E-state index contributed by atoms with van der Waals surface area (Å²) in [5.74, 6) is -0.0694. The summed E-state index contributed by atoms with van der Waals surface area (Å²) in [5.41, 5.74) is 7.50. The average molecular weight is 237 g/mol. The fourth-order valence-electron chi connectivity index (χ4n) is 1.44. The van der Waals surface area contributed by atoms with Crippen LogP contribution in [0.15, 0.2) is 30.4 Å². The van der Waals surface area contributed by atoms with Gasteiger partial charge in [-0.3, -0.25) is 0 Å². The van der Waals surface area contributed by atoms with Crippen molar-refractivity contribution in [3.63, 3.8) is 0 Å². The molecule has 0 aliphatic rings. The van der Waals surface area contributed by atoms with E-state index in [9.17, 15) is 4.39 Å². The van der Waals surface area contributed by atoms with E-state index in [4.69, 9.17) is 10.5 Å². The third-order valence-electron chi connectivity index (χ3n) is 2.49. The first kappa shape index (κ1) is 13.7. The summed E-state index contributed by atoms with van der Waals surface area (Å²) in [7, 11) is 0. The van der Waals surface area contributed by atoms with E-state index in [0.717, 1.165) is 17.6 Å². The molecule has 0 radical (unpaired) electrons. The van der Waals surface area contributed by atoms with Crippen LogP contribution in [0.2, 0.25) is 0 Å². The Labute approximate surface area is 102 Å². The quantitative estimate of drug-likeness (QED) is 0.772. The average Bonchev–Trinajstić information content (AvgIpc) is 2.26. The second-order valence-electron chi connectivity index (χ2n) is 4.34. The van der Waals surface area contributed by atoms with E-state index in [2.05, 4.69) is 6.58 Å². The Kier molecular flexibility index (Phi) is 5.16. The first-order valence-electron chi connectivity index (χ1n) is 5.86. The summed E-state index contributed by atoms with van der Waals surface area (Å²) in [6.45, 7) is 8.06. The van der Waals surface area contributed by atoms with Gasteiger partial charge in [0.25, 0.3) is 0 Å². The van der Waals surface area contributed by atoms with Gasteiger partial charge in [0.05, 0.1) is 0 Å². The highest BCUT2D eigenvalue weighted by Crippen LogP contribution is 2.19. The Morgan fingerprint density at radius 1 is 1.53 bits per heavy atom. The molecule has 0 aliphatic carbocycles. The first-order chi connectivity index (χ1) is 8.02. The lowest BCUT2D eigenvalue weighted by Crippen LogP contribution is -2.17. The number of halogens is 1. The molecule has 94 valence electrons. The van der Waals surface area contributed by atoms with Crippen molar-refractivity contribution in [3.05, 3.63) is 41.7 Å². The fraction of sp³-hybridized carbons (Fsp3) is 0.429. The van der Waals surface area contributed by atoms with Gasteiger partial charge >= 0.3 is 0 Å². The highest BCUT2D eigenvalue weighted by Gasteiger charge is 2.06. The van der Waals surface area contributed by atoms with Crippen LogP contribution in [-0.2, 0) is 6.42 Å². The number of rotatable bonds is 6. The van der Waals surface area contributed by atoms with Crippen LogP contribution in [0, 0.1) is 5.82 Å². The summed E-state index contributed by atoms with van der Waals surface area (Å²) in [5, 5.41) is 0. The molecule has 2 N–H and O–H groups in total. The Bertz CT molecular complexity index is 388. The van der Waals surface area contributed by atoms with E-state index in [1.165, 1.54) is 6.07 Å². The lowest BCUT2D eigenvalue weighted by atomic mass is 10.1. The first-order valence-corrected chi connectivity index (χ1v) is 5.86. The largest absolute Gasteiger partial charge is 0.486 e. The highest BCUT2D eigenvalue weighted by atomic mass is 19.1. The van der Waals surface area contributed by atoms with Gasteiger partial charge in [0, 0.05) is 6.04 Å². The Hall–Kier alpha value is -1.35. The van der Waals surface area contributed by atoms with Gasteiger partial charge in [-0.2, -0.15) is 0 Å². The van der Waals surface area contributed by atoms with Crippen LogP contribution in [-0.4, -0.2) is 12.6 Å². The van der Waals surface area contributed by atoms with Crippen LogP contribution >= 0.6 is 0 Å². The minimum Gasteiger partial charge on any atom is -0.486 e. The van der Waals surface area contributed by atoms with Crippen molar-refractivity contribution in [2.75, 3.05) is 6.61 Å². The third-order valence-corrected chi connectivity index (χ3v) is 2.49. The van der Waals surface area contributed by atoms with E-state index in [1.807, 2.05) is 19.9 Å². The maximum absolute atomic E-state index is 13.7. The normalized spacial score (nSPS) is 12.2. The van der Waals surface area contributed by atoms with E-state index in [1.54, 1.807) is 6.07 Å². The highest BCUT2D eigenvalue weighted by molar-refractivity contribution is 5.30. The smallest absolute Gasteiger partial charge is 0.165 e. The minimum atomic E-state index is -0.341. The molecule has 1 aromatic carbocycles. The number of hydrogen-bond donors (Lipinski definition) is 1. The van der Waals surface area contributed by atoms with Crippen molar-refractivity contribution < 1.29 is 9.13 Å². The van der Waals surface area contributed by atoms with Crippen molar-refractivity contribution in [1.29, 1.82) is 0 Å². The van der Waals surface area contributed by atoms with Gasteiger partial charge in [-0.1, -0.05) is 19.6 Å². The molecule has 3 heteroatoms. The molecule has 2 nitrogen and oxygen atoms in total. The Balaban J connectivity index is 2.66. The molecule has 0 bridgehead atoms. The summed E-state index contributed by atoms with van der Waals surface area (Å²) in [6, 6.07) is 5.00. The monoisotopic (exact) mass is 237 g/mol. The predicted octanol–water partition coefficient (Wildman–Crippen LogP) is 3.06. The molecule has 0 fully saturated rings. The molecule has 0 heterocycles. The van der Waals surface area contributed by atoms with Gasteiger partial charge in [-0.25, -0.2) is 4.39 Å². The lowest BCUT2D eigenvalue weighted by molar-refractivity contribution is 0.329. The van der Waals surface area contributed by atoms with Crippen LogP contribution in [0.1, 0.15) is 25.8 Å². The van der Waals surface area contributed by atoms with E-state index < -0.39 is 0 Å². The van der Waals surface area contributed by atoms with Crippen molar-refractivity contribution in [1.82, 2.24) is 0 Å². The second kappa shape index (κ2) is 6.40. The molecular formula is C14H20FNO. The standard InChI is InChI=1S/C14H20FNO/c1-4-10(2)9-17-14-6-5-12(7-11(3)16)8-13(14)15/h5-6,8,11H,2,4,7,9,16H2,1,3H3. The molecule has 1 rings (SSSR count). The maximum atomic E-state index is 13.7. The zero-order valence-electron chi connectivity index (χ0n) is 10.5. The van der Waals surface area contributed by atoms with Gasteiger partial charge in [0.2, 0.25) is 0 Å². The zero-order valence-corrected chi connectivity index (χ0v) is 10.5. The van der Waals surface area contributed by atoms with E-state index >= 15 is 0 Å². The number of ether oxygens (including phenoxy) is 1. The van der Waals surface area contributed by atoms with E-state index in [0.29, 0.717) is 13.0 Å². The summed E-state index contributed by atoms with van der Waals surface area (Å²) >= 11 is 0. The maximum Gasteiger partial charge on any atom is 0.165 e. The molecule has 1 aromatic rings. The van der Waals surface area contributed by atoms with Gasteiger partial charge in [-0.15, -0.1) is 0 Å². The molecule has 17 heavy (non-hydrogen) atoms. The zero-order chi connectivity index (χ0) is 12.8. The SMILES string of the molecule is C=C(CC)COc1ccc(CC(C)N)cc1F. The van der Waals surface area contributed by atoms with Crippen molar-refractivity contribution in [2.45, 2.75) is 32.7 Å². The molecular weight excluding hydrogens is 217 g/mol. The lowest BCUT2D eigenvalue weighted by Gasteiger charge is -2.10. The second-order valence-corrected chi connectivity index (χ2v) is 4.34.